The summed E-state index contributed by atoms with van der Waals surface area (Å²) in [6.07, 6.45) is 2.93. The summed E-state index contributed by atoms with van der Waals surface area (Å²) in [7, 11) is 1.72. The lowest BCUT2D eigenvalue weighted by molar-refractivity contribution is -0.132. The molecule has 1 aliphatic carbocycles. The Kier molecular flexibility index (Phi) is 4.04. The maximum absolute atomic E-state index is 12.4. The Morgan fingerprint density at radius 1 is 1.50 bits per heavy atom. The molecule has 0 N–H and O–H groups in total. The van der Waals surface area contributed by atoms with Gasteiger partial charge in [-0.3, -0.25) is 0 Å². The number of nitrogens with zero attached hydrogens (tertiary/aromatic N) is 2. The third kappa shape index (κ3) is 2.41. The zero-order valence-corrected chi connectivity index (χ0v) is 12.9. The number of piperidine rings is 1. The standard InChI is InChI=1S/C16H24N2O2/c1-15(2)13-6-7-18(8-9-20-5)11-16(13,3)10-12(17-4)14(15)19/h10,13H,6-9,11H2,1-3,5H3/t13-,16+/m1/s1. The fourth-order valence-corrected chi connectivity index (χ4v) is 4.00. The second-order valence-electron chi connectivity index (χ2n) is 6.81. The quantitative estimate of drug-likeness (QED) is 0.742. The maximum Gasteiger partial charge on any atom is 0.226 e. The van der Waals surface area contributed by atoms with Gasteiger partial charge in [0.1, 0.15) is 0 Å². The zero-order valence-electron chi connectivity index (χ0n) is 12.9. The van der Waals surface area contributed by atoms with Gasteiger partial charge in [0.2, 0.25) is 5.70 Å². The summed E-state index contributed by atoms with van der Waals surface area (Å²) in [5.74, 6) is 0.326. The molecule has 2 aliphatic rings. The van der Waals surface area contributed by atoms with Gasteiger partial charge in [0, 0.05) is 25.6 Å². The highest BCUT2D eigenvalue weighted by atomic mass is 16.5. The van der Waals surface area contributed by atoms with Crippen LogP contribution in [0.25, 0.3) is 4.85 Å². The van der Waals surface area contributed by atoms with Crippen molar-refractivity contribution >= 4 is 5.78 Å². The first-order chi connectivity index (χ1) is 9.35. The van der Waals surface area contributed by atoms with E-state index in [9.17, 15) is 4.79 Å². The van der Waals surface area contributed by atoms with Crippen molar-refractivity contribution in [2.45, 2.75) is 27.2 Å². The molecule has 0 amide bonds. The molecular formula is C16H24N2O2. The highest BCUT2D eigenvalue weighted by Crippen LogP contribution is 2.52. The Morgan fingerprint density at radius 3 is 2.80 bits per heavy atom. The van der Waals surface area contributed by atoms with E-state index in [1.54, 1.807) is 7.11 Å². The molecule has 0 aromatic rings. The van der Waals surface area contributed by atoms with Crippen LogP contribution in [0, 0.1) is 23.3 Å². The van der Waals surface area contributed by atoms with Crippen LogP contribution < -0.4 is 0 Å². The molecule has 0 spiro atoms. The maximum atomic E-state index is 12.4. The largest absolute Gasteiger partial charge is 0.383 e. The third-order valence-corrected chi connectivity index (χ3v) is 4.98. The molecule has 20 heavy (non-hydrogen) atoms. The van der Waals surface area contributed by atoms with Gasteiger partial charge >= 0.3 is 0 Å². The molecule has 0 radical (unpaired) electrons. The number of rotatable bonds is 3. The van der Waals surface area contributed by atoms with Crippen molar-refractivity contribution in [3.63, 3.8) is 0 Å². The van der Waals surface area contributed by atoms with E-state index in [1.807, 2.05) is 19.9 Å². The van der Waals surface area contributed by atoms with Crippen LogP contribution in [0.2, 0.25) is 0 Å². The minimum absolute atomic E-state index is 0.0142. The van der Waals surface area contributed by atoms with Crippen LogP contribution in [0.1, 0.15) is 27.2 Å². The zero-order chi connectivity index (χ0) is 15.0. The Bertz CT molecular complexity index is 475. The number of methoxy groups -OCH3 is 1. The summed E-state index contributed by atoms with van der Waals surface area (Å²) in [6.45, 7) is 17.0. The van der Waals surface area contributed by atoms with Crippen LogP contribution in [0.15, 0.2) is 11.8 Å². The lowest BCUT2D eigenvalue weighted by atomic mass is 9.55. The fraction of sp³-hybridized carbons (Fsp3) is 0.750. The smallest absolute Gasteiger partial charge is 0.226 e. The van der Waals surface area contributed by atoms with Crippen LogP contribution in [0.4, 0.5) is 0 Å². The van der Waals surface area contributed by atoms with Crippen LogP contribution in [0.3, 0.4) is 0 Å². The van der Waals surface area contributed by atoms with Gasteiger partial charge in [-0.15, -0.1) is 0 Å². The molecule has 0 aromatic heterocycles. The molecule has 2 atom stereocenters. The number of Topliss-reactive ketones (excluding diaryl/α,β-unsaturated/α-hetero) is 1. The monoisotopic (exact) mass is 276 g/mol. The molecule has 1 saturated heterocycles. The second kappa shape index (κ2) is 5.31. The molecule has 4 nitrogen and oxygen atoms in total. The Hall–Kier alpha value is -1.18. The Labute approximate surface area is 121 Å². The SMILES string of the molecule is [C-]#[N+]C1=C[C@@]2(C)CN(CCOC)CC[C@@H]2C(C)(C)C1=O. The number of fused-ring (bicyclic) bond motifs is 1. The number of carbonyl (C=O) groups is 1. The van der Waals surface area contributed by atoms with Crippen LogP contribution >= 0.6 is 0 Å². The van der Waals surface area contributed by atoms with Crippen molar-refractivity contribution in [2.24, 2.45) is 16.7 Å². The van der Waals surface area contributed by atoms with E-state index in [4.69, 9.17) is 11.3 Å². The number of allylic oxidation sites excluding steroid dienone is 1. The molecule has 1 fully saturated rings. The van der Waals surface area contributed by atoms with Crippen molar-refractivity contribution < 1.29 is 9.53 Å². The molecular weight excluding hydrogens is 252 g/mol. The molecule has 0 unspecified atom stereocenters. The van der Waals surface area contributed by atoms with Gasteiger partial charge in [0.25, 0.3) is 0 Å². The van der Waals surface area contributed by atoms with Gasteiger partial charge in [-0.05, 0) is 24.3 Å². The highest BCUT2D eigenvalue weighted by Gasteiger charge is 2.52. The summed E-state index contributed by atoms with van der Waals surface area (Å²) in [5, 5.41) is 0. The topological polar surface area (TPSA) is 33.9 Å². The average Bonchev–Trinajstić information content (AvgIpc) is 2.40. The summed E-state index contributed by atoms with van der Waals surface area (Å²) >= 11 is 0. The summed E-state index contributed by atoms with van der Waals surface area (Å²) in [6, 6.07) is 0. The average molecular weight is 276 g/mol. The van der Waals surface area contributed by atoms with Crippen molar-refractivity contribution in [2.75, 3.05) is 33.4 Å². The minimum Gasteiger partial charge on any atom is -0.383 e. The van der Waals surface area contributed by atoms with Gasteiger partial charge in [0.05, 0.1) is 13.2 Å². The van der Waals surface area contributed by atoms with Crippen LogP contribution in [-0.4, -0.2) is 44.0 Å². The molecule has 1 aliphatic heterocycles. The molecule has 0 aromatic carbocycles. The number of hydrogen-bond donors (Lipinski definition) is 0. The van der Waals surface area contributed by atoms with Crippen LogP contribution in [-0.2, 0) is 9.53 Å². The van der Waals surface area contributed by atoms with Gasteiger partial charge in [-0.2, -0.15) is 0 Å². The van der Waals surface area contributed by atoms with Gasteiger partial charge in [0.15, 0.2) is 5.78 Å². The van der Waals surface area contributed by atoms with E-state index in [0.29, 0.717) is 11.6 Å². The van der Waals surface area contributed by atoms with Crippen molar-refractivity contribution in [3.8, 4) is 0 Å². The van der Waals surface area contributed by atoms with E-state index < -0.39 is 5.41 Å². The first-order valence-electron chi connectivity index (χ1n) is 7.21. The van der Waals surface area contributed by atoms with E-state index in [1.165, 1.54) is 0 Å². The van der Waals surface area contributed by atoms with Crippen LogP contribution in [0.5, 0.6) is 0 Å². The molecule has 2 rings (SSSR count). The fourth-order valence-electron chi connectivity index (χ4n) is 4.00. The van der Waals surface area contributed by atoms with Gasteiger partial charge in [-0.1, -0.05) is 26.8 Å². The lowest BCUT2D eigenvalue weighted by Crippen LogP contribution is -2.55. The second-order valence-corrected chi connectivity index (χ2v) is 6.81. The molecule has 4 heteroatoms. The highest BCUT2D eigenvalue weighted by molar-refractivity contribution is 6.02. The summed E-state index contributed by atoms with van der Waals surface area (Å²) < 4.78 is 5.15. The molecule has 1 heterocycles. The predicted molar refractivity (Wildman–Crippen MR) is 78.0 cm³/mol. The first-order valence-corrected chi connectivity index (χ1v) is 7.21. The number of ether oxygens (including phenoxy) is 1. The number of ketones is 1. The molecule has 0 bridgehead atoms. The number of likely N-dealkylation sites (tertiary alicyclic amines) is 1. The molecule has 0 saturated carbocycles. The summed E-state index contributed by atoms with van der Waals surface area (Å²) in [5.41, 5.74) is -0.206. The Balaban J connectivity index is 2.30. The first kappa shape index (κ1) is 15.2. The van der Waals surface area contributed by atoms with Gasteiger partial charge < -0.3 is 14.4 Å². The van der Waals surface area contributed by atoms with E-state index >= 15 is 0 Å². The number of carbonyl (C=O) groups excluding carboxylic acids is 1. The van der Waals surface area contributed by atoms with Crippen molar-refractivity contribution in [1.82, 2.24) is 4.90 Å². The van der Waals surface area contributed by atoms with Crippen molar-refractivity contribution in [1.29, 1.82) is 0 Å². The predicted octanol–water partition coefficient (Wildman–Crippen LogP) is 2.37. The van der Waals surface area contributed by atoms with Gasteiger partial charge in [-0.25, -0.2) is 4.85 Å². The number of hydrogen-bond acceptors (Lipinski definition) is 3. The summed E-state index contributed by atoms with van der Waals surface area (Å²) in [4.78, 5) is 18.3. The van der Waals surface area contributed by atoms with E-state index in [0.717, 1.165) is 32.7 Å². The van der Waals surface area contributed by atoms with Crippen molar-refractivity contribution in [3.05, 3.63) is 23.2 Å². The normalized spacial score (nSPS) is 33.2. The lowest BCUT2D eigenvalue weighted by Gasteiger charge is -2.53. The van der Waals surface area contributed by atoms with E-state index in [-0.39, 0.29) is 11.2 Å². The minimum atomic E-state index is -0.434. The Morgan fingerprint density at radius 2 is 2.20 bits per heavy atom. The van der Waals surface area contributed by atoms with E-state index in [2.05, 4.69) is 16.7 Å². The third-order valence-electron chi connectivity index (χ3n) is 4.98. The molecule has 110 valence electrons.